The Morgan fingerprint density at radius 3 is 1.96 bits per heavy atom. The molecule has 1 amide bonds. The van der Waals surface area contributed by atoms with Crippen LogP contribution in [0.2, 0.25) is 22.2 Å². The standard InChI is InChI=1S/C35H53N5O7Si2/c1-19(2)48(20(3)4)44-18-28-31(46-49(47-48,21(5)6)22(7)8)30(41)34(45-28)39-32(37)29(36)33(38)40-35(42)43-17-27-25-15-11-9-13-23(25)24-14-10-12-16-26(24)27/h9-16,19-22,27-28,30-31,34,41H,17-18,36,38H2,1-8H3,(H2,37,39)(H,40,42)/t28-,30?,31?,34-/m1/s1. The number of aliphatic hydroxyl groups excluding tert-OH is 1. The average Bonchev–Trinajstić information content (AvgIpc) is 3.51. The number of nitrogens with two attached hydrogens (primary N) is 3. The Bertz CT molecular complexity index is 1520. The third kappa shape index (κ3) is 6.92. The van der Waals surface area contributed by atoms with Crippen LogP contribution in [0, 0.1) is 0 Å². The molecule has 2 unspecified atom stereocenters. The summed E-state index contributed by atoms with van der Waals surface area (Å²) in [5.74, 6) is -0.569. The number of amidine groups is 1. The Morgan fingerprint density at radius 1 is 0.898 bits per heavy atom. The summed E-state index contributed by atoms with van der Waals surface area (Å²) in [4.78, 5) is 17.2. The van der Waals surface area contributed by atoms with E-state index < -0.39 is 47.8 Å². The topological polar surface area (TPSA) is 186 Å². The van der Waals surface area contributed by atoms with Crippen LogP contribution in [0.3, 0.4) is 0 Å². The van der Waals surface area contributed by atoms with Crippen molar-refractivity contribution in [1.82, 2.24) is 5.32 Å². The lowest BCUT2D eigenvalue weighted by atomic mass is 9.98. The number of nitrogens with zero attached hydrogens (tertiary/aromatic N) is 1. The molecule has 0 aromatic heterocycles. The van der Waals surface area contributed by atoms with Crippen molar-refractivity contribution in [2.75, 3.05) is 13.2 Å². The SMILES string of the molecule is CC(C)[Si]1(C(C)C)OC[C@H]2O[C@@H](N=C(N)C(N)=C(N)NC(=O)OCC3c4ccccc4-c4ccccc43)C(O)C2O[Si](C(C)C)(C(C)C)O1. The Labute approximate surface area is 291 Å². The molecule has 2 aliphatic heterocycles. The normalized spacial score (nSPS) is 25.4. The molecular weight excluding hydrogens is 659 g/mol. The van der Waals surface area contributed by atoms with E-state index in [0.29, 0.717) is 0 Å². The van der Waals surface area contributed by atoms with E-state index in [2.05, 4.69) is 77.8 Å². The third-order valence-electron chi connectivity index (χ3n) is 10.1. The number of aliphatic imine (C=N–C) groups is 1. The molecule has 49 heavy (non-hydrogen) atoms. The Kier molecular flexibility index (Phi) is 11.0. The summed E-state index contributed by atoms with van der Waals surface area (Å²) in [6, 6.07) is 16.1. The smallest absolute Gasteiger partial charge is 0.412 e. The lowest BCUT2D eigenvalue weighted by Crippen LogP contribution is -2.65. The molecule has 0 saturated carbocycles. The summed E-state index contributed by atoms with van der Waals surface area (Å²) in [7, 11) is -5.79. The zero-order chi connectivity index (χ0) is 35.8. The fraction of sp³-hybridized carbons (Fsp3) is 0.543. The van der Waals surface area contributed by atoms with Gasteiger partial charge in [-0.2, -0.15) is 0 Å². The number of hydrogen-bond acceptors (Lipinski definition) is 10. The van der Waals surface area contributed by atoms with E-state index in [1.807, 2.05) is 36.4 Å². The second-order valence-corrected chi connectivity index (χ2v) is 23.3. The van der Waals surface area contributed by atoms with Gasteiger partial charge in [0.25, 0.3) is 0 Å². The van der Waals surface area contributed by atoms with Gasteiger partial charge < -0.3 is 44.7 Å². The second-order valence-electron chi connectivity index (χ2n) is 14.4. The molecular formula is C35H53N5O7Si2. The highest BCUT2D eigenvalue weighted by Crippen LogP contribution is 2.48. The van der Waals surface area contributed by atoms with E-state index >= 15 is 0 Å². The van der Waals surface area contributed by atoms with Gasteiger partial charge in [-0.1, -0.05) is 104 Å². The van der Waals surface area contributed by atoms with Crippen molar-refractivity contribution in [3.05, 3.63) is 71.2 Å². The molecule has 0 bridgehead atoms. The number of carbonyl (C=O) groups excluding carboxylic acids is 1. The quantitative estimate of drug-likeness (QED) is 0.135. The molecule has 268 valence electrons. The van der Waals surface area contributed by atoms with E-state index in [-0.39, 0.29) is 58.7 Å². The van der Waals surface area contributed by atoms with Gasteiger partial charge in [-0.05, 0) is 44.4 Å². The fourth-order valence-corrected chi connectivity index (χ4v) is 18.6. The lowest BCUT2D eigenvalue weighted by molar-refractivity contribution is -0.0373. The maximum atomic E-state index is 12.8. The molecule has 2 aromatic rings. The van der Waals surface area contributed by atoms with Crippen molar-refractivity contribution >= 4 is 29.1 Å². The summed E-state index contributed by atoms with van der Waals surface area (Å²) in [6.45, 7) is 17.3. The van der Waals surface area contributed by atoms with Crippen LogP contribution >= 0.6 is 0 Å². The van der Waals surface area contributed by atoms with Gasteiger partial charge in [-0.3, -0.25) is 5.32 Å². The van der Waals surface area contributed by atoms with Gasteiger partial charge >= 0.3 is 23.2 Å². The van der Waals surface area contributed by atoms with Crippen LogP contribution in [0.15, 0.2) is 65.0 Å². The highest BCUT2D eigenvalue weighted by atomic mass is 28.5. The highest BCUT2D eigenvalue weighted by molar-refractivity contribution is 6.84. The van der Waals surface area contributed by atoms with Gasteiger partial charge in [0.2, 0.25) is 0 Å². The van der Waals surface area contributed by atoms with Crippen molar-refractivity contribution in [3.63, 3.8) is 0 Å². The van der Waals surface area contributed by atoms with Gasteiger partial charge in [-0.15, -0.1) is 0 Å². The molecule has 0 radical (unpaired) electrons. The van der Waals surface area contributed by atoms with Crippen LogP contribution in [-0.2, 0) is 22.4 Å². The minimum absolute atomic E-state index is 0.0707. The summed E-state index contributed by atoms with van der Waals surface area (Å²) < 4.78 is 32.7. The number of alkyl carbamates (subject to hydrolysis) is 1. The monoisotopic (exact) mass is 711 g/mol. The van der Waals surface area contributed by atoms with E-state index in [1.54, 1.807) is 0 Å². The van der Waals surface area contributed by atoms with Crippen molar-refractivity contribution in [2.45, 2.75) is 108 Å². The number of aliphatic hydroxyl groups is 1. The van der Waals surface area contributed by atoms with Crippen molar-refractivity contribution in [1.29, 1.82) is 0 Å². The number of amides is 1. The number of ether oxygens (including phenoxy) is 2. The molecule has 1 aliphatic carbocycles. The summed E-state index contributed by atoms with van der Waals surface area (Å²) >= 11 is 0. The zero-order valence-corrected chi connectivity index (χ0v) is 31.8. The molecule has 4 atom stereocenters. The van der Waals surface area contributed by atoms with Gasteiger partial charge in [0.05, 0.1) is 6.61 Å². The molecule has 12 nitrogen and oxygen atoms in total. The first-order valence-corrected chi connectivity index (χ1v) is 21.1. The molecule has 2 heterocycles. The van der Waals surface area contributed by atoms with Crippen molar-refractivity contribution in [3.8, 4) is 11.1 Å². The molecule has 14 heteroatoms. The maximum absolute atomic E-state index is 12.8. The molecule has 5 rings (SSSR count). The summed E-state index contributed by atoms with van der Waals surface area (Å²) in [5.41, 5.74) is 23.3. The molecule has 2 saturated heterocycles. The van der Waals surface area contributed by atoms with Crippen LogP contribution in [-0.4, -0.2) is 71.9 Å². The van der Waals surface area contributed by atoms with Gasteiger partial charge in [0, 0.05) is 5.92 Å². The van der Waals surface area contributed by atoms with Crippen LogP contribution in [0.5, 0.6) is 0 Å². The predicted octanol–water partition coefficient (Wildman–Crippen LogP) is 5.01. The van der Waals surface area contributed by atoms with Gasteiger partial charge in [-0.25, -0.2) is 9.79 Å². The van der Waals surface area contributed by atoms with Crippen LogP contribution in [0.4, 0.5) is 4.79 Å². The number of fused-ring (bicyclic) bond motifs is 4. The molecule has 3 aliphatic rings. The molecule has 2 fully saturated rings. The Morgan fingerprint density at radius 2 is 1.43 bits per heavy atom. The third-order valence-corrected chi connectivity index (χ3v) is 20.3. The molecule has 8 N–H and O–H groups in total. The van der Waals surface area contributed by atoms with Gasteiger partial charge in [0.1, 0.15) is 42.3 Å². The number of carbonyl (C=O) groups is 1. The summed E-state index contributed by atoms with van der Waals surface area (Å²) in [6.07, 6.45) is -4.46. The van der Waals surface area contributed by atoms with Crippen LogP contribution in [0.25, 0.3) is 11.1 Å². The van der Waals surface area contributed by atoms with E-state index in [4.69, 9.17) is 39.6 Å². The second kappa shape index (κ2) is 14.5. The van der Waals surface area contributed by atoms with Crippen molar-refractivity contribution < 1.29 is 32.3 Å². The number of hydrogen-bond donors (Lipinski definition) is 5. The number of rotatable bonds is 9. The Balaban J connectivity index is 1.30. The largest absolute Gasteiger partial charge is 0.448 e. The van der Waals surface area contributed by atoms with Crippen LogP contribution in [0.1, 0.15) is 72.4 Å². The molecule has 0 spiro atoms. The fourth-order valence-electron chi connectivity index (χ4n) is 7.40. The van der Waals surface area contributed by atoms with E-state index in [0.717, 1.165) is 22.3 Å². The Hall–Kier alpha value is -3.25. The highest BCUT2D eigenvalue weighted by Gasteiger charge is 2.61. The predicted molar refractivity (Wildman–Crippen MR) is 194 cm³/mol. The van der Waals surface area contributed by atoms with Crippen LogP contribution < -0.4 is 22.5 Å². The van der Waals surface area contributed by atoms with Crippen molar-refractivity contribution in [2.24, 2.45) is 22.2 Å². The minimum Gasteiger partial charge on any atom is -0.448 e. The zero-order valence-electron chi connectivity index (χ0n) is 29.8. The maximum Gasteiger partial charge on any atom is 0.412 e. The van der Waals surface area contributed by atoms with Gasteiger partial charge in [0.15, 0.2) is 6.23 Å². The van der Waals surface area contributed by atoms with E-state index in [9.17, 15) is 9.90 Å². The average molecular weight is 712 g/mol. The number of nitrogens with one attached hydrogen (secondary N) is 1. The first-order chi connectivity index (χ1) is 23.1. The lowest BCUT2D eigenvalue weighted by Gasteiger charge is -2.51. The molecule has 2 aromatic carbocycles. The minimum atomic E-state index is -2.99. The first kappa shape index (κ1) is 37.0. The van der Waals surface area contributed by atoms with E-state index in [1.165, 1.54) is 0 Å². The first-order valence-electron chi connectivity index (χ1n) is 17.2. The summed E-state index contributed by atoms with van der Waals surface area (Å²) in [5, 5.41) is 14.0. The number of benzene rings is 2.